The summed E-state index contributed by atoms with van der Waals surface area (Å²) in [4.78, 5) is 39.0. The fraction of sp³-hybridized carbons (Fsp3) is 0.500. The van der Waals surface area contributed by atoms with Gasteiger partial charge in [0.25, 0.3) is 5.09 Å². The fourth-order valence-electron chi connectivity index (χ4n) is 5.43. The highest BCUT2D eigenvalue weighted by Crippen LogP contribution is 2.38. The Balaban J connectivity index is 1.31. The van der Waals surface area contributed by atoms with Gasteiger partial charge in [0.05, 0.1) is 18.3 Å². The van der Waals surface area contributed by atoms with Gasteiger partial charge in [-0.25, -0.2) is 4.79 Å². The molecule has 4 N–H and O–H groups in total. The average Bonchev–Trinajstić information content (AvgIpc) is 3.26. The maximum atomic E-state index is 12.1. The maximum absolute atomic E-state index is 12.1. The van der Waals surface area contributed by atoms with Crippen molar-refractivity contribution in [1.29, 1.82) is 0 Å². The first kappa shape index (κ1) is 33.7. The molecule has 0 aromatic heterocycles. The van der Waals surface area contributed by atoms with Crippen molar-refractivity contribution in [2.24, 2.45) is 11.8 Å². The number of carbonyl (C=O) groups is 2. The van der Waals surface area contributed by atoms with Gasteiger partial charge in [0.15, 0.2) is 0 Å². The van der Waals surface area contributed by atoms with E-state index < -0.39 is 29.4 Å². The molecule has 11 heteroatoms. The number of aliphatic hydroxyl groups excluding tert-OH is 3. The van der Waals surface area contributed by atoms with Gasteiger partial charge in [-0.2, -0.15) is 0 Å². The Morgan fingerprint density at radius 3 is 2.51 bits per heavy atom. The van der Waals surface area contributed by atoms with Crippen molar-refractivity contribution in [3.63, 3.8) is 0 Å². The van der Waals surface area contributed by atoms with E-state index >= 15 is 0 Å². The first-order valence-corrected chi connectivity index (χ1v) is 14.8. The summed E-state index contributed by atoms with van der Waals surface area (Å²) in [6.07, 6.45) is 7.31. The summed E-state index contributed by atoms with van der Waals surface area (Å²) in [5.41, 5.74) is 1.51. The van der Waals surface area contributed by atoms with E-state index in [9.17, 15) is 35.0 Å². The van der Waals surface area contributed by atoms with Gasteiger partial charge in [0.2, 0.25) is 5.91 Å². The zero-order chi connectivity index (χ0) is 31.0. The largest absolute Gasteiger partial charge is 0.425 e. The molecule has 234 valence electrons. The van der Waals surface area contributed by atoms with Crippen LogP contribution in [0.4, 0.5) is 0 Å². The van der Waals surface area contributed by atoms with Gasteiger partial charge >= 0.3 is 5.97 Å². The molecule has 1 amide bonds. The highest BCUT2D eigenvalue weighted by Gasteiger charge is 2.40. The lowest BCUT2D eigenvalue weighted by molar-refractivity contribution is -0.763. The molecule has 0 saturated heterocycles. The highest BCUT2D eigenvalue weighted by molar-refractivity contribution is 5.82. The van der Waals surface area contributed by atoms with Gasteiger partial charge in [-0.15, -0.1) is 10.1 Å². The van der Waals surface area contributed by atoms with Gasteiger partial charge < -0.3 is 30.2 Å². The second-order valence-corrected chi connectivity index (χ2v) is 10.9. The minimum Gasteiger partial charge on any atom is -0.425 e. The van der Waals surface area contributed by atoms with Crippen LogP contribution in [0.1, 0.15) is 62.5 Å². The van der Waals surface area contributed by atoms with Crippen LogP contribution in [0.15, 0.2) is 66.7 Å². The van der Waals surface area contributed by atoms with Gasteiger partial charge in [-0.05, 0) is 74.8 Å². The lowest BCUT2D eigenvalue weighted by Gasteiger charge is -2.23. The Labute approximate surface area is 251 Å². The summed E-state index contributed by atoms with van der Waals surface area (Å²) >= 11 is 0. The number of nitrogens with one attached hydrogen (secondary N) is 1. The first-order valence-electron chi connectivity index (χ1n) is 14.8. The molecule has 43 heavy (non-hydrogen) atoms. The van der Waals surface area contributed by atoms with E-state index in [-0.39, 0.29) is 43.1 Å². The Hall–Kier alpha value is -3.80. The van der Waals surface area contributed by atoms with E-state index in [0.717, 1.165) is 6.42 Å². The SMILES string of the molecule is O=C(CCC/C=C\C[C@@H]1[C@@H](CC[C@@H](O)CCc2ccccc2)[C@H](O)C[C@@H]1O)NCC(=O)Oc1ccccc1CO[N+](=O)[O-]. The van der Waals surface area contributed by atoms with Crippen LogP contribution >= 0.6 is 0 Å². The number of unbranched alkanes of at least 4 members (excludes halogenated alkanes) is 1. The maximum Gasteiger partial charge on any atom is 0.330 e. The fourth-order valence-corrected chi connectivity index (χ4v) is 5.43. The molecular formula is C32H42N2O9. The van der Waals surface area contributed by atoms with Crippen molar-refractivity contribution < 1.29 is 39.6 Å². The van der Waals surface area contributed by atoms with Crippen LogP contribution in [0.2, 0.25) is 0 Å². The number of aliphatic hydroxyl groups is 3. The summed E-state index contributed by atoms with van der Waals surface area (Å²) in [5.74, 6) is -1.06. The number of para-hydroxylation sites is 1. The van der Waals surface area contributed by atoms with E-state index in [2.05, 4.69) is 10.2 Å². The van der Waals surface area contributed by atoms with Crippen molar-refractivity contribution >= 4 is 11.9 Å². The molecule has 11 nitrogen and oxygen atoms in total. The number of carbonyl (C=O) groups excluding carboxylic acids is 2. The molecule has 1 saturated carbocycles. The van der Waals surface area contributed by atoms with E-state index in [1.54, 1.807) is 12.1 Å². The molecule has 2 aromatic rings. The van der Waals surface area contributed by atoms with E-state index in [0.29, 0.717) is 50.5 Å². The molecule has 0 radical (unpaired) electrons. The summed E-state index contributed by atoms with van der Waals surface area (Å²) in [6, 6.07) is 16.3. The summed E-state index contributed by atoms with van der Waals surface area (Å²) in [5, 5.41) is 43.5. The highest BCUT2D eigenvalue weighted by atomic mass is 16.9. The zero-order valence-electron chi connectivity index (χ0n) is 24.3. The predicted molar refractivity (Wildman–Crippen MR) is 158 cm³/mol. The average molecular weight is 599 g/mol. The third kappa shape index (κ3) is 12.1. The van der Waals surface area contributed by atoms with Crippen molar-refractivity contribution in [2.75, 3.05) is 6.54 Å². The monoisotopic (exact) mass is 598 g/mol. The number of rotatable bonds is 18. The Morgan fingerprint density at radius 2 is 1.74 bits per heavy atom. The van der Waals surface area contributed by atoms with Crippen molar-refractivity contribution in [3.05, 3.63) is 88.0 Å². The summed E-state index contributed by atoms with van der Waals surface area (Å²) < 4.78 is 5.20. The van der Waals surface area contributed by atoms with Crippen LogP contribution in [-0.2, 0) is 27.5 Å². The number of aryl methyl sites for hydroxylation is 1. The lowest BCUT2D eigenvalue weighted by Crippen LogP contribution is -2.31. The molecule has 2 aromatic carbocycles. The quantitative estimate of drug-likeness (QED) is 0.0500. The summed E-state index contributed by atoms with van der Waals surface area (Å²) in [7, 11) is 0. The second-order valence-electron chi connectivity index (χ2n) is 10.9. The third-order valence-electron chi connectivity index (χ3n) is 7.76. The molecular weight excluding hydrogens is 556 g/mol. The molecule has 0 unspecified atom stereocenters. The minimum atomic E-state index is -0.935. The molecule has 3 rings (SSSR count). The minimum absolute atomic E-state index is 0.0795. The van der Waals surface area contributed by atoms with Crippen molar-refractivity contribution in [3.8, 4) is 5.75 Å². The number of ether oxygens (including phenoxy) is 1. The molecule has 0 bridgehead atoms. The van der Waals surface area contributed by atoms with Crippen molar-refractivity contribution in [2.45, 2.75) is 82.7 Å². The molecule has 1 aliphatic rings. The molecule has 0 heterocycles. The number of allylic oxidation sites excluding steroid dienone is 2. The number of hydrogen-bond donors (Lipinski definition) is 4. The molecule has 0 spiro atoms. The van der Waals surface area contributed by atoms with Crippen LogP contribution in [0.5, 0.6) is 5.75 Å². The zero-order valence-corrected chi connectivity index (χ0v) is 24.3. The Morgan fingerprint density at radius 1 is 1.02 bits per heavy atom. The lowest BCUT2D eigenvalue weighted by atomic mass is 9.85. The Bertz CT molecular complexity index is 1190. The molecule has 5 atom stereocenters. The topological polar surface area (TPSA) is 168 Å². The normalized spacial score (nSPS) is 20.5. The van der Waals surface area contributed by atoms with Gasteiger partial charge in [-0.3, -0.25) is 4.79 Å². The first-order chi connectivity index (χ1) is 20.7. The van der Waals surface area contributed by atoms with Crippen LogP contribution < -0.4 is 10.1 Å². The molecule has 1 fully saturated rings. The smallest absolute Gasteiger partial charge is 0.330 e. The molecule has 1 aliphatic carbocycles. The summed E-state index contributed by atoms with van der Waals surface area (Å²) in [6.45, 7) is -0.709. The van der Waals surface area contributed by atoms with Gasteiger partial charge in [0, 0.05) is 12.0 Å². The number of hydrogen-bond acceptors (Lipinski definition) is 9. The third-order valence-corrected chi connectivity index (χ3v) is 7.76. The van der Waals surface area contributed by atoms with Crippen LogP contribution in [0.3, 0.4) is 0 Å². The second kappa shape index (κ2) is 18.0. The van der Waals surface area contributed by atoms with E-state index in [4.69, 9.17) is 4.74 Å². The Kier molecular flexibility index (Phi) is 14.1. The number of benzene rings is 2. The van der Waals surface area contributed by atoms with Gasteiger partial charge in [-0.1, -0.05) is 60.7 Å². The molecule has 0 aliphatic heterocycles. The van der Waals surface area contributed by atoms with E-state index in [1.165, 1.54) is 17.7 Å². The van der Waals surface area contributed by atoms with Crippen LogP contribution in [0, 0.1) is 22.0 Å². The standard InChI is InChI=1S/C32H42N2O9/c35-25(17-16-23-10-4-3-5-11-23)18-19-27-26(28(36)20-29(27)37)13-6-1-2-7-15-31(38)33-21-32(39)43-30-14-9-8-12-24(30)22-42-34(40)41/h1,3-6,8-12,14,25-29,35-37H,2,7,13,15-22H2,(H,33,38)/b6-1-/t25-,26+,27+,28-,29+/m0/s1. The van der Waals surface area contributed by atoms with Crippen LogP contribution in [-0.4, -0.2) is 57.1 Å². The number of nitrogens with zero attached hydrogens (tertiary/aromatic N) is 1. The van der Waals surface area contributed by atoms with Crippen molar-refractivity contribution in [1.82, 2.24) is 5.32 Å². The predicted octanol–water partition coefficient (Wildman–Crippen LogP) is 3.66. The van der Waals surface area contributed by atoms with Gasteiger partial charge in [0.1, 0.15) is 18.9 Å². The number of amides is 1. The van der Waals surface area contributed by atoms with Crippen LogP contribution in [0.25, 0.3) is 0 Å². The van der Waals surface area contributed by atoms with E-state index in [1.807, 2.05) is 42.5 Å². The number of esters is 1.